The average Bonchev–Trinajstić information content (AvgIpc) is 2.82. The van der Waals surface area contributed by atoms with Crippen LogP contribution in [0.15, 0.2) is 0 Å². The Hall–Kier alpha value is -0.890. The fourth-order valence-electron chi connectivity index (χ4n) is 2.43. The van der Waals surface area contributed by atoms with Crippen LogP contribution < -0.4 is 5.32 Å². The second kappa shape index (κ2) is 5.62. The van der Waals surface area contributed by atoms with E-state index in [9.17, 15) is 22.4 Å². The maximum atomic E-state index is 12.7. The van der Waals surface area contributed by atoms with Gasteiger partial charge in [-0.15, -0.1) is 0 Å². The Morgan fingerprint density at radius 2 is 2.21 bits per heavy atom. The minimum atomic E-state index is -4.65. The third-order valence-electron chi connectivity index (χ3n) is 3.53. The molecular formula is C11H16F4N2O2. The molecule has 0 bridgehead atoms. The number of hydrogen-bond donors (Lipinski definition) is 1. The number of ether oxygens (including phenoxy) is 1. The highest BCUT2D eigenvalue weighted by atomic mass is 19.3. The molecular weight excluding hydrogens is 268 g/mol. The lowest BCUT2D eigenvalue weighted by molar-refractivity contribution is -0.170. The molecule has 2 aliphatic rings. The Morgan fingerprint density at radius 3 is 2.89 bits per heavy atom. The smallest absolute Gasteiger partial charge is 0.373 e. The van der Waals surface area contributed by atoms with Gasteiger partial charge < -0.3 is 10.1 Å². The molecule has 19 heavy (non-hydrogen) atoms. The summed E-state index contributed by atoms with van der Waals surface area (Å²) in [7, 11) is 0. The summed E-state index contributed by atoms with van der Waals surface area (Å²) < 4.78 is 54.7. The van der Waals surface area contributed by atoms with Crippen LogP contribution in [0.5, 0.6) is 0 Å². The molecule has 2 rings (SSSR count). The molecule has 0 radical (unpaired) electrons. The van der Waals surface area contributed by atoms with Gasteiger partial charge in [0.15, 0.2) is 0 Å². The van der Waals surface area contributed by atoms with Crippen LogP contribution in [-0.4, -0.2) is 61.5 Å². The largest absolute Gasteiger partial charge is 0.383 e. The highest BCUT2D eigenvalue weighted by Gasteiger charge is 2.49. The van der Waals surface area contributed by atoms with Gasteiger partial charge in [0, 0.05) is 19.1 Å². The summed E-state index contributed by atoms with van der Waals surface area (Å²) in [5.74, 6) is -6.60. The number of carbonyl (C=O) groups excluding carboxylic acids is 1. The van der Waals surface area contributed by atoms with E-state index < -0.39 is 24.4 Å². The third-order valence-corrected chi connectivity index (χ3v) is 3.53. The average molecular weight is 284 g/mol. The van der Waals surface area contributed by atoms with Gasteiger partial charge in [-0.3, -0.25) is 9.69 Å². The van der Waals surface area contributed by atoms with E-state index in [0.717, 1.165) is 19.4 Å². The number of halogens is 4. The SMILES string of the molecule is O=C(NCC1CN2CCCC2CO1)C(F)(F)C(F)F. The second-order valence-electron chi connectivity index (χ2n) is 4.88. The summed E-state index contributed by atoms with van der Waals surface area (Å²) in [5, 5.41) is 1.83. The van der Waals surface area contributed by atoms with Crippen molar-refractivity contribution in [3.8, 4) is 0 Å². The Kier molecular flexibility index (Phi) is 4.29. The fourth-order valence-corrected chi connectivity index (χ4v) is 2.43. The number of amides is 1. The van der Waals surface area contributed by atoms with Crippen molar-refractivity contribution >= 4 is 5.91 Å². The molecule has 0 spiro atoms. The van der Waals surface area contributed by atoms with Crippen molar-refractivity contribution in [1.29, 1.82) is 0 Å². The topological polar surface area (TPSA) is 41.6 Å². The maximum Gasteiger partial charge on any atom is 0.383 e. The molecule has 8 heteroatoms. The van der Waals surface area contributed by atoms with Crippen molar-refractivity contribution in [3.05, 3.63) is 0 Å². The highest BCUT2D eigenvalue weighted by molar-refractivity contribution is 5.83. The standard InChI is InChI=1S/C11H16F4N2O2/c12-9(13)11(14,15)10(18)16-4-8-5-17-3-1-2-7(17)6-19-8/h7-9H,1-6H2,(H,16,18). The van der Waals surface area contributed by atoms with Crippen molar-refractivity contribution < 1.29 is 27.1 Å². The minimum absolute atomic E-state index is 0.176. The van der Waals surface area contributed by atoms with Crippen molar-refractivity contribution in [2.24, 2.45) is 0 Å². The molecule has 2 aliphatic heterocycles. The predicted molar refractivity (Wildman–Crippen MR) is 58.3 cm³/mol. The van der Waals surface area contributed by atoms with Crippen molar-refractivity contribution in [3.63, 3.8) is 0 Å². The summed E-state index contributed by atoms with van der Waals surface area (Å²) in [4.78, 5) is 13.1. The quantitative estimate of drug-likeness (QED) is 0.779. The van der Waals surface area contributed by atoms with Crippen LogP contribution in [-0.2, 0) is 9.53 Å². The molecule has 2 heterocycles. The second-order valence-corrected chi connectivity index (χ2v) is 4.88. The zero-order chi connectivity index (χ0) is 14.0. The summed E-state index contributed by atoms with van der Waals surface area (Å²) >= 11 is 0. The van der Waals surface area contributed by atoms with Gasteiger partial charge in [0.1, 0.15) is 0 Å². The van der Waals surface area contributed by atoms with Crippen LogP contribution in [0.25, 0.3) is 0 Å². The van der Waals surface area contributed by atoms with Crippen molar-refractivity contribution in [2.75, 3.05) is 26.2 Å². The highest BCUT2D eigenvalue weighted by Crippen LogP contribution is 2.24. The number of nitrogens with one attached hydrogen (secondary N) is 1. The van der Waals surface area contributed by atoms with Crippen LogP contribution in [0, 0.1) is 0 Å². The molecule has 2 fully saturated rings. The normalized spacial score (nSPS) is 28.5. The molecule has 2 unspecified atom stereocenters. The molecule has 110 valence electrons. The summed E-state index contributed by atoms with van der Waals surface area (Å²) in [6.07, 6.45) is -2.31. The third kappa shape index (κ3) is 3.17. The maximum absolute atomic E-state index is 12.7. The Balaban J connectivity index is 1.78. The van der Waals surface area contributed by atoms with E-state index in [1.54, 1.807) is 0 Å². The van der Waals surface area contributed by atoms with Crippen LogP contribution in [0.2, 0.25) is 0 Å². The molecule has 0 aromatic heterocycles. The van der Waals surface area contributed by atoms with Gasteiger partial charge in [-0.1, -0.05) is 0 Å². The van der Waals surface area contributed by atoms with Gasteiger partial charge in [-0.2, -0.15) is 8.78 Å². The zero-order valence-corrected chi connectivity index (χ0v) is 10.3. The molecule has 4 nitrogen and oxygen atoms in total. The number of fused-ring (bicyclic) bond motifs is 1. The molecule has 1 amide bonds. The summed E-state index contributed by atoms with van der Waals surface area (Å²) in [5.41, 5.74) is 0. The Morgan fingerprint density at radius 1 is 1.47 bits per heavy atom. The Labute approximate surface area is 108 Å². The monoisotopic (exact) mass is 284 g/mol. The first-order chi connectivity index (χ1) is 8.91. The van der Waals surface area contributed by atoms with Crippen LogP contribution in [0.4, 0.5) is 17.6 Å². The molecule has 1 N–H and O–H groups in total. The van der Waals surface area contributed by atoms with Gasteiger partial charge in [0.05, 0.1) is 12.7 Å². The molecule has 0 aromatic carbocycles. The van der Waals surface area contributed by atoms with Crippen molar-refractivity contribution in [1.82, 2.24) is 10.2 Å². The van der Waals surface area contributed by atoms with E-state index in [1.165, 1.54) is 0 Å². The number of nitrogens with zero attached hydrogens (tertiary/aromatic N) is 1. The van der Waals surface area contributed by atoms with Crippen LogP contribution in [0.3, 0.4) is 0 Å². The van der Waals surface area contributed by atoms with Gasteiger partial charge >= 0.3 is 12.3 Å². The predicted octanol–water partition coefficient (Wildman–Crippen LogP) is 0.866. The number of hydrogen-bond acceptors (Lipinski definition) is 3. The fraction of sp³-hybridized carbons (Fsp3) is 0.909. The first kappa shape index (κ1) is 14.5. The number of rotatable bonds is 4. The lowest BCUT2D eigenvalue weighted by Crippen LogP contribution is -2.53. The van der Waals surface area contributed by atoms with Crippen LogP contribution >= 0.6 is 0 Å². The number of alkyl halides is 4. The van der Waals surface area contributed by atoms with Gasteiger partial charge in [0.25, 0.3) is 5.91 Å². The molecule has 2 atom stereocenters. The molecule has 0 aliphatic carbocycles. The van der Waals surface area contributed by atoms with E-state index in [0.29, 0.717) is 19.2 Å². The zero-order valence-electron chi connectivity index (χ0n) is 10.3. The van der Waals surface area contributed by atoms with Crippen molar-refractivity contribution in [2.45, 2.75) is 37.3 Å². The Bertz CT molecular complexity index is 341. The number of morpholine rings is 1. The molecule has 2 saturated heterocycles. The number of carbonyl (C=O) groups is 1. The lowest BCUT2D eigenvalue weighted by Gasteiger charge is -2.35. The van der Waals surface area contributed by atoms with E-state index in [-0.39, 0.29) is 6.54 Å². The molecule has 0 aromatic rings. The van der Waals surface area contributed by atoms with Gasteiger partial charge in [-0.25, -0.2) is 8.78 Å². The first-order valence-electron chi connectivity index (χ1n) is 6.21. The van der Waals surface area contributed by atoms with Gasteiger partial charge in [0.2, 0.25) is 0 Å². The minimum Gasteiger partial charge on any atom is -0.373 e. The lowest BCUT2D eigenvalue weighted by atomic mass is 10.2. The molecule has 0 saturated carbocycles. The van der Waals surface area contributed by atoms with E-state index >= 15 is 0 Å². The van der Waals surface area contributed by atoms with E-state index in [1.807, 2.05) is 5.32 Å². The van der Waals surface area contributed by atoms with Gasteiger partial charge in [-0.05, 0) is 19.4 Å². The first-order valence-corrected chi connectivity index (χ1v) is 6.21. The summed E-state index contributed by atoms with van der Waals surface area (Å²) in [6, 6.07) is 0.356. The van der Waals surface area contributed by atoms with Crippen LogP contribution in [0.1, 0.15) is 12.8 Å². The van der Waals surface area contributed by atoms with E-state index in [2.05, 4.69) is 4.90 Å². The van der Waals surface area contributed by atoms with E-state index in [4.69, 9.17) is 4.74 Å². The summed E-state index contributed by atoms with van der Waals surface area (Å²) in [6.45, 7) is 1.77.